The van der Waals surface area contributed by atoms with E-state index in [2.05, 4.69) is 25.3 Å². The largest absolute Gasteiger partial charge is 0.464 e. The highest BCUT2D eigenvalue weighted by Gasteiger charge is 2.44. The van der Waals surface area contributed by atoms with Crippen LogP contribution in [0.5, 0.6) is 0 Å². The topological polar surface area (TPSA) is 89.4 Å². The fraction of sp³-hybridized carbons (Fsp3) is 0.750. The van der Waals surface area contributed by atoms with Gasteiger partial charge >= 0.3 is 5.97 Å². The van der Waals surface area contributed by atoms with E-state index in [0.29, 0.717) is 24.5 Å². The number of hydrogen-bond acceptors (Lipinski definition) is 6. The first-order chi connectivity index (χ1) is 11.6. The molecule has 24 heavy (non-hydrogen) atoms. The molecule has 4 heterocycles. The molecule has 3 saturated heterocycles. The van der Waals surface area contributed by atoms with Gasteiger partial charge in [-0.3, -0.25) is 14.4 Å². The predicted molar refractivity (Wildman–Crippen MR) is 84.1 cm³/mol. The summed E-state index contributed by atoms with van der Waals surface area (Å²) < 4.78 is 6.36. The van der Waals surface area contributed by atoms with E-state index in [9.17, 15) is 9.59 Å². The Hall–Kier alpha value is -1.96. The molecular weight excluding hydrogens is 310 g/mol. The average molecular weight is 333 g/mol. The highest BCUT2D eigenvalue weighted by atomic mass is 16.5. The number of ether oxygens (including phenoxy) is 1. The summed E-state index contributed by atoms with van der Waals surface area (Å²) in [6.07, 6.45) is 5.97. The summed E-state index contributed by atoms with van der Waals surface area (Å²) in [6.45, 7) is 2.55. The molecule has 8 nitrogen and oxygen atoms in total. The Morgan fingerprint density at radius 2 is 2.21 bits per heavy atom. The molecule has 3 aliphatic heterocycles. The number of amides is 1. The molecule has 8 heteroatoms. The van der Waals surface area contributed by atoms with Gasteiger partial charge in [0, 0.05) is 18.6 Å². The molecule has 130 valence electrons. The Balaban J connectivity index is 1.37. The van der Waals surface area contributed by atoms with E-state index in [0.717, 1.165) is 38.8 Å². The summed E-state index contributed by atoms with van der Waals surface area (Å²) in [7, 11) is 1.33. The molecule has 4 fully saturated rings. The van der Waals surface area contributed by atoms with Crippen molar-refractivity contribution in [3.05, 3.63) is 11.9 Å². The second kappa shape index (κ2) is 6.16. The zero-order chi connectivity index (χ0) is 16.7. The third-order valence-corrected chi connectivity index (χ3v) is 5.47. The lowest BCUT2D eigenvalue weighted by molar-refractivity contribution is -0.133. The number of aromatic nitrogens is 3. The first-order valence-electron chi connectivity index (χ1n) is 8.67. The van der Waals surface area contributed by atoms with Crippen LogP contribution in [0, 0.1) is 11.8 Å². The van der Waals surface area contributed by atoms with E-state index in [4.69, 9.17) is 0 Å². The van der Waals surface area contributed by atoms with Crippen LogP contribution in [0.25, 0.3) is 0 Å². The van der Waals surface area contributed by atoms with Gasteiger partial charge in [-0.05, 0) is 38.1 Å². The smallest absolute Gasteiger partial charge is 0.360 e. The van der Waals surface area contributed by atoms with Gasteiger partial charge in [0.2, 0.25) is 5.91 Å². The van der Waals surface area contributed by atoms with Gasteiger partial charge in [-0.25, -0.2) is 4.79 Å². The lowest BCUT2D eigenvalue weighted by Crippen LogP contribution is -2.58. The van der Waals surface area contributed by atoms with Crippen LogP contribution in [0.4, 0.5) is 0 Å². The molecule has 1 N–H and O–H groups in total. The van der Waals surface area contributed by atoms with Crippen molar-refractivity contribution < 1.29 is 14.3 Å². The zero-order valence-electron chi connectivity index (χ0n) is 13.9. The second-order valence-corrected chi connectivity index (χ2v) is 7.14. The highest BCUT2D eigenvalue weighted by molar-refractivity contribution is 5.86. The number of nitrogens with zero attached hydrogens (tertiary/aromatic N) is 4. The van der Waals surface area contributed by atoms with Crippen LogP contribution in [0.3, 0.4) is 0 Å². The third-order valence-electron chi connectivity index (χ3n) is 5.47. The molecule has 4 aliphatic rings. The standard InChI is InChI=1S/C16H23N5O3/c1-24-16(23)14-9-21(19-18-14)7-12-6-10-4-5-20(12)8-13(10)15(22)17-11-2-3-11/h9-13H,2-8H2,1H3,(H,17,22)/t10-,12+,13-/m0/s1. The molecule has 2 bridgehead atoms. The van der Waals surface area contributed by atoms with Crippen LogP contribution in [-0.4, -0.2) is 64.1 Å². The van der Waals surface area contributed by atoms with Gasteiger partial charge in [-0.2, -0.15) is 0 Å². The van der Waals surface area contributed by atoms with Gasteiger partial charge < -0.3 is 10.1 Å². The number of rotatable bonds is 5. The Morgan fingerprint density at radius 3 is 2.88 bits per heavy atom. The number of fused-ring (bicyclic) bond motifs is 3. The van der Waals surface area contributed by atoms with E-state index in [1.165, 1.54) is 7.11 Å². The molecule has 0 radical (unpaired) electrons. The van der Waals surface area contributed by atoms with Crippen molar-refractivity contribution >= 4 is 11.9 Å². The maximum absolute atomic E-state index is 12.4. The summed E-state index contributed by atoms with van der Waals surface area (Å²) in [5.74, 6) is 0.335. The minimum Gasteiger partial charge on any atom is -0.464 e. The first-order valence-corrected chi connectivity index (χ1v) is 8.67. The van der Waals surface area contributed by atoms with E-state index < -0.39 is 5.97 Å². The highest BCUT2D eigenvalue weighted by Crippen LogP contribution is 2.37. The Morgan fingerprint density at radius 1 is 1.38 bits per heavy atom. The first kappa shape index (κ1) is 15.6. The molecule has 1 aliphatic carbocycles. The number of hydrogen-bond donors (Lipinski definition) is 1. The van der Waals surface area contributed by atoms with Crippen molar-refractivity contribution in [1.29, 1.82) is 0 Å². The number of carbonyl (C=O) groups is 2. The van der Waals surface area contributed by atoms with Gasteiger partial charge in [0.25, 0.3) is 0 Å². The van der Waals surface area contributed by atoms with Gasteiger partial charge in [0.15, 0.2) is 5.69 Å². The second-order valence-electron chi connectivity index (χ2n) is 7.14. The van der Waals surface area contributed by atoms with Crippen molar-refractivity contribution in [3.8, 4) is 0 Å². The van der Waals surface area contributed by atoms with E-state index >= 15 is 0 Å². The number of carbonyl (C=O) groups excluding carboxylic acids is 2. The summed E-state index contributed by atoms with van der Waals surface area (Å²) in [4.78, 5) is 26.2. The summed E-state index contributed by atoms with van der Waals surface area (Å²) >= 11 is 0. The normalized spacial score (nSPS) is 31.7. The predicted octanol–water partition coefficient (Wildman–Crippen LogP) is 0.0537. The van der Waals surface area contributed by atoms with Crippen LogP contribution in [-0.2, 0) is 16.1 Å². The van der Waals surface area contributed by atoms with E-state index in [1.807, 2.05) is 0 Å². The molecular formula is C16H23N5O3. The molecule has 0 aromatic carbocycles. The molecule has 0 spiro atoms. The minimum absolute atomic E-state index is 0.122. The van der Waals surface area contributed by atoms with Crippen molar-refractivity contribution in [2.45, 2.75) is 44.3 Å². The summed E-state index contributed by atoms with van der Waals surface area (Å²) in [5, 5.41) is 11.0. The number of piperidine rings is 3. The third kappa shape index (κ3) is 3.02. The Labute approximate surface area is 140 Å². The number of methoxy groups -OCH3 is 1. The fourth-order valence-electron chi connectivity index (χ4n) is 3.96. The quantitative estimate of drug-likeness (QED) is 0.766. The van der Waals surface area contributed by atoms with Crippen LogP contribution >= 0.6 is 0 Å². The Bertz CT molecular complexity index is 641. The average Bonchev–Trinajstić information content (AvgIpc) is 3.30. The molecule has 1 saturated carbocycles. The van der Waals surface area contributed by atoms with Crippen molar-refractivity contribution in [1.82, 2.24) is 25.2 Å². The molecule has 1 amide bonds. The monoisotopic (exact) mass is 333 g/mol. The van der Waals surface area contributed by atoms with Gasteiger partial charge in [0.1, 0.15) is 0 Å². The summed E-state index contributed by atoms with van der Waals surface area (Å²) in [5.41, 5.74) is 0.232. The lowest BCUT2D eigenvalue weighted by atomic mass is 9.75. The fourth-order valence-corrected chi connectivity index (χ4v) is 3.96. The van der Waals surface area contributed by atoms with Gasteiger partial charge in [0.05, 0.1) is 25.8 Å². The van der Waals surface area contributed by atoms with Crippen LogP contribution in [0.1, 0.15) is 36.2 Å². The van der Waals surface area contributed by atoms with Crippen LogP contribution in [0.2, 0.25) is 0 Å². The maximum Gasteiger partial charge on any atom is 0.360 e. The Kier molecular flexibility index (Phi) is 3.99. The summed E-state index contributed by atoms with van der Waals surface area (Å²) in [6, 6.07) is 0.775. The maximum atomic E-state index is 12.4. The van der Waals surface area contributed by atoms with Crippen molar-refractivity contribution in [2.24, 2.45) is 11.8 Å². The van der Waals surface area contributed by atoms with Crippen LogP contribution < -0.4 is 5.32 Å². The number of nitrogens with one attached hydrogen (secondary N) is 1. The molecule has 1 unspecified atom stereocenters. The minimum atomic E-state index is -0.469. The molecule has 1 aromatic heterocycles. The van der Waals surface area contributed by atoms with Crippen molar-refractivity contribution in [3.63, 3.8) is 0 Å². The van der Waals surface area contributed by atoms with E-state index in [-0.39, 0.29) is 17.5 Å². The lowest BCUT2D eigenvalue weighted by Gasteiger charge is -2.49. The zero-order valence-corrected chi connectivity index (χ0v) is 13.9. The molecule has 4 atom stereocenters. The van der Waals surface area contributed by atoms with Gasteiger partial charge in [-0.1, -0.05) is 5.21 Å². The van der Waals surface area contributed by atoms with Crippen molar-refractivity contribution in [2.75, 3.05) is 20.2 Å². The number of esters is 1. The molecule has 1 aromatic rings. The van der Waals surface area contributed by atoms with Gasteiger partial charge in [-0.15, -0.1) is 5.10 Å². The van der Waals surface area contributed by atoms with Crippen LogP contribution in [0.15, 0.2) is 6.20 Å². The van der Waals surface area contributed by atoms with E-state index in [1.54, 1.807) is 10.9 Å². The SMILES string of the molecule is COC(=O)c1cn(C[C@H]2C[C@@H]3CCN2C[C@@H]3C(=O)NC2CC2)nn1. The molecule has 5 rings (SSSR count).